The molecule has 0 bridgehead atoms. The average molecular weight is 250 g/mol. The Hall–Kier alpha value is -1.93. The summed E-state index contributed by atoms with van der Waals surface area (Å²) < 4.78 is 0. The SMILES string of the molecule is Cc1ccc2c(c1)CN=C2C(CN)c1ccccc1. The van der Waals surface area contributed by atoms with Crippen molar-refractivity contribution in [1.82, 2.24) is 0 Å². The maximum atomic E-state index is 5.99. The van der Waals surface area contributed by atoms with Crippen LogP contribution in [-0.4, -0.2) is 12.3 Å². The van der Waals surface area contributed by atoms with Crippen LogP contribution in [0.3, 0.4) is 0 Å². The summed E-state index contributed by atoms with van der Waals surface area (Å²) in [5.41, 5.74) is 12.3. The monoisotopic (exact) mass is 250 g/mol. The van der Waals surface area contributed by atoms with Crippen molar-refractivity contribution in [2.45, 2.75) is 19.4 Å². The summed E-state index contributed by atoms with van der Waals surface area (Å²) >= 11 is 0. The van der Waals surface area contributed by atoms with Crippen molar-refractivity contribution >= 4 is 5.71 Å². The van der Waals surface area contributed by atoms with Crippen molar-refractivity contribution in [1.29, 1.82) is 0 Å². The lowest BCUT2D eigenvalue weighted by atomic mass is 9.89. The van der Waals surface area contributed by atoms with Gasteiger partial charge in [-0.25, -0.2) is 0 Å². The molecule has 2 nitrogen and oxygen atoms in total. The Labute approximate surface area is 114 Å². The first-order valence-corrected chi connectivity index (χ1v) is 6.69. The van der Waals surface area contributed by atoms with Crippen molar-refractivity contribution in [3.05, 3.63) is 70.8 Å². The number of aryl methyl sites for hydroxylation is 1. The topological polar surface area (TPSA) is 38.4 Å². The van der Waals surface area contributed by atoms with E-state index in [1.165, 1.54) is 22.3 Å². The molecule has 3 rings (SSSR count). The summed E-state index contributed by atoms with van der Waals surface area (Å²) in [6, 6.07) is 17.0. The molecule has 0 aromatic heterocycles. The normalized spacial score (nSPS) is 14.9. The minimum Gasteiger partial charge on any atom is -0.329 e. The van der Waals surface area contributed by atoms with Gasteiger partial charge in [-0.3, -0.25) is 4.99 Å². The van der Waals surface area contributed by atoms with E-state index in [0.29, 0.717) is 6.54 Å². The van der Waals surface area contributed by atoms with Gasteiger partial charge in [0, 0.05) is 18.0 Å². The van der Waals surface area contributed by atoms with Gasteiger partial charge < -0.3 is 5.73 Å². The van der Waals surface area contributed by atoms with Gasteiger partial charge in [-0.15, -0.1) is 0 Å². The molecular formula is C17H18N2. The third kappa shape index (κ3) is 2.20. The second-order valence-corrected chi connectivity index (χ2v) is 5.06. The van der Waals surface area contributed by atoms with Crippen LogP contribution in [0.25, 0.3) is 0 Å². The van der Waals surface area contributed by atoms with Crippen LogP contribution in [0.1, 0.15) is 28.2 Å². The molecule has 0 radical (unpaired) electrons. The predicted molar refractivity (Wildman–Crippen MR) is 79.7 cm³/mol. The molecule has 1 atom stereocenters. The zero-order valence-electron chi connectivity index (χ0n) is 11.1. The fourth-order valence-electron chi connectivity index (χ4n) is 2.75. The maximum Gasteiger partial charge on any atom is 0.0650 e. The molecule has 0 spiro atoms. The molecule has 0 saturated carbocycles. The lowest BCUT2D eigenvalue weighted by molar-refractivity contribution is 0.886. The number of nitrogens with two attached hydrogens (primary N) is 1. The summed E-state index contributed by atoms with van der Waals surface area (Å²) in [6.45, 7) is 3.50. The molecule has 0 aliphatic carbocycles. The van der Waals surface area contributed by atoms with Crippen LogP contribution in [0.2, 0.25) is 0 Å². The third-order valence-electron chi connectivity index (χ3n) is 3.72. The Morgan fingerprint density at radius 2 is 1.95 bits per heavy atom. The van der Waals surface area contributed by atoms with Crippen LogP contribution < -0.4 is 5.73 Å². The molecule has 1 unspecified atom stereocenters. The van der Waals surface area contributed by atoms with E-state index in [-0.39, 0.29) is 5.92 Å². The maximum absolute atomic E-state index is 5.99. The zero-order chi connectivity index (χ0) is 13.2. The number of hydrogen-bond donors (Lipinski definition) is 1. The lowest BCUT2D eigenvalue weighted by Crippen LogP contribution is -2.21. The van der Waals surface area contributed by atoms with E-state index in [1.807, 2.05) is 6.07 Å². The highest BCUT2D eigenvalue weighted by Gasteiger charge is 2.24. The lowest BCUT2D eigenvalue weighted by Gasteiger charge is -2.16. The van der Waals surface area contributed by atoms with Gasteiger partial charge in [0.15, 0.2) is 0 Å². The summed E-state index contributed by atoms with van der Waals surface area (Å²) in [5.74, 6) is 0.199. The van der Waals surface area contributed by atoms with E-state index in [2.05, 4.69) is 49.4 Å². The van der Waals surface area contributed by atoms with Gasteiger partial charge in [0.25, 0.3) is 0 Å². The van der Waals surface area contributed by atoms with Gasteiger partial charge >= 0.3 is 0 Å². The number of aliphatic imine (C=N–C) groups is 1. The molecule has 0 amide bonds. The van der Waals surface area contributed by atoms with Crippen molar-refractivity contribution in [3.63, 3.8) is 0 Å². The van der Waals surface area contributed by atoms with E-state index >= 15 is 0 Å². The summed E-state index contributed by atoms with van der Waals surface area (Å²) in [5, 5.41) is 0. The van der Waals surface area contributed by atoms with Gasteiger partial charge in [-0.1, -0.05) is 54.1 Å². The Balaban J connectivity index is 2.00. The fraction of sp³-hybridized carbons (Fsp3) is 0.235. The van der Waals surface area contributed by atoms with Crippen LogP contribution >= 0.6 is 0 Å². The first kappa shape index (κ1) is 12.1. The highest BCUT2D eigenvalue weighted by molar-refractivity contribution is 6.08. The van der Waals surface area contributed by atoms with Crippen LogP contribution in [-0.2, 0) is 6.54 Å². The highest BCUT2D eigenvalue weighted by Crippen LogP contribution is 2.28. The van der Waals surface area contributed by atoms with Crippen LogP contribution in [0.5, 0.6) is 0 Å². The zero-order valence-corrected chi connectivity index (χ0v) is 11.1. The van der Waals surface area contributed by atoms with Gasteiger partial charge in [-0.05, 0) is 18.1 Å². The van der Waals surface area contributed by atoms with E-state index in [1.54, 1.807) is 0 Å². The van der Waals surface area contributed by atoms with E-state index in [0.717, 1.165) is 12.3 Å². The van der Waals surface area contributed by atoms with E-state index < -0.39 is 0 Å². The van der Waals surface area contributed by atoms with Crippen molar-refractivity contribution in [3.8, 4) is 0 Å². The summed E-state index contributed by atoms with van der Waals surface area (Å²) in [6.07, 6.45) is 0. The number of fused-ring (bicyclic) bond motifs is 1. The van der Waals surface area contributed by atoms with Gasteiger partial charge in [0.1, 0.15) is 0 Å². The second-order valence-electron chi connectivity index (χ2n) is 5.06. The van der Waals surface area contributed by atoms with Gasteiger partial charge in [0.05, 0.1) is 12.3 Å². The minimum absolute atomic E-state index is 0.199. The van der Waals surface area contributed by atoms with Gasteiger partial charge in [0.2, 0.25) is 0 Å². The van der Waals surface area contributed by atoms with Crippen LogP contribution in [0.4, 0.5) is 0 Å². The number of rotatable bonds is 3. The van der Waals surface area contributed by atoms with Crippen LogP contribution in [0.15, 0.2) is 53.5 Å². The van der Waals surface area contributed by atoms with E-state index in [9.17, 15) is 0 Å². The Morgan fingerprint density at radius 1 is 1.16 bits per heavy atom. The van der Waals surface area contributed by atoms with Crippen molar-refractivity contribution in [2.24, 2.45) is 10.7 Å². The molecule has 2 N–H and O–H groups in total. The Kier molecular flexibility index (Phi) is 3.18. The molecule has 1 aliphatic rings. The molecule has 19 heavy (non-hydrogen) atoms. The largest absolute Gasteiger partial charge is 0.329 e. The molecule has 1 aliphatic heterocycles. The summed E-state index contributed by atoms with van der Waals surface area (Å²) in [7, 11) is 0. The molecule has 0 saturated heterocycles. The average Bonchev–Trinajstić information content (AvgIpc) is 2.84. The molecule has 1 heterocycles. The second kappa shape index (κ2) is 4.98. The van der Waals surface area contributed by atoms with Crippen LogP contribution in [0, 0.1) is 6.92 Å². The fourth-order valence-corrected chi connectivity index (χ4v) is 2.75. The molecule has 96 valence electrons. The number of benzene rings is 2. The summed E-state index contributed by atoms with van der Waals surface area (Å²) in [4.78, 5) is 4.73. The molecule has 2 aromatic carbocycles. The Morgan fingerprint density at radius 3 is 2.68 bits per heavy atom. The quantitative estimate of drug-likeness (QED) is 0.893. The van der Waals surface area contributed by atoms with Crippen molar-refractivity contribution in [2.75, 3.05) is 6.54 Å². The minimum atomic E-state index is 0.199. The Bertz CT molecular complexity index is 614. The first-order valence-electron chi connectivity index (χ1n) is 6.69. The molecule has 2 aromatic rings. The third-order valence-corrected chi connectivity index (χ3v) is 3.72. The van der Waals surface area contributed by atoms with Crippen molar-refractivity contribution < 1.29 is 0 Å². The number of nitrogens with zero attached hydrogens (tertiary/aromatic N) is 1. The molecule has 2 heteroatoms. The molecule has 0 fully saturated rings. The highest BCUT2D eigenvalue weighted by atomic mass is 14.8. The number of hydrogen-bond acceptors (Lipinski definition) is 2. The predicted octanol–water partition coefficient (Wildman–Crippen LogP) is 3.04. The standard InChI is InChI=1S/C17H18N2/c1-12-7-8-15-14(9-12)11-19-17(15)16(10-18)13-5-3-2-4-6-13/h2-9,16H,10-11,18H2,1H3. The first-order chi connectivity index (χ1) is 9.29. The molecular weight excluding hydrogens is 232 g/mol. The van der Waals surface area contributed by atoms with E-state index in [4.69, 9.17) is 10.7 Å². The van der Waals surface area contributed by atoms with Gasteiger partial charge in [-0.2, -0.15) is 0 Å². The smallest absolute Gasteiger partial charge is 0.0650 e.